The normalized spacial score (nSPS) is 14.4. The van der Waals surface area contributed by atoms with Crippen LogP contribution in [0, 0.1) is 5.82 Å². The first-order valence-electron chi connectivity index (χ1n) is 3.24. The number of ether oxygens (including phenoxy) is 1. The molecule has 0 atom stereocenters. The fourth-order valence-corrected chi connectivity index (χ4v) is 1.02. The smallest absolute Gasteiger partial charge is 0.385 e. The van der Waals surface area contributed by atoms with Gasteiger partial charge in [-0.05, 0) is 12.1 Å². The van der Waals surface area contributed by atoms with E-state index < -0.39 is 17.6 Å². The van der Waals surface area contributed by atoms with Crippen molar-refractivity contribution in [2.24, 2.45) is 0 Å². The molecule has 0 N–H and O–H groups in total. The number of benzene rings is 1. The molecule has 1 aliphatic rings. The van der Waals surface area contributed by atoms with E-state index in [-0.39, 0.29) is 11.3 Å². The number of fused-ring (bicyclic) bond motifs is 1. The van der Waals surface area contributed by atoms with Crippen LogP contribution in [0.15, 0.2) is 18.2 Å². The Labute approximate surface area is 66.8 Å². The molecule has 1 aliphatic heterocycles. The van der Waals surface area contributed by atoms with E-state index >= 15 is 0 Å². The molecule has 60 valence electrons. The summed E-state index contributed by atoms with van der Waals surface area (Å²) in [5, 5.41) is 0. The number of rotatable bonds is 0. The first-order valence-corrected chi connectivity index (χ1v) is 3.24. The predicted octanol–water partition coefficient (Wildman–Crippen LogP) is 0.927. The van der Waals surface area contributed by atoms with Crippen molar-refractivity contribution in [2.75, 3.05) is 0 Å². The van der Waals surface area contributed by atoms with Crippen LogP contribution in [0.25, 0.3) is 0 Å². The number of carbonyl (C=O) groups is 2. The molecule has 0 saturated heterocycles. The molecule has 0 amide bonds. The van der Waals surface area contributed by atoms with E-state index in [4.69, 9.17) is 0 Å². The highest BCUT2D eigenvalue weighted by atomic mass is 19.1. The van der Waals surface area contributed by atoms with Crippen molar-refractivity contribution < 1.29 is 18.7 Å². The minimum absolute atomic E-state index is 0.00463. The largest absolute Gasteiger partial charge is 0.420 e. The fraction of sp³-hybridized carbons (Fsp3) is 0. The Morgan fingerprint density at radius 2 is 2.00 bits per heavy atom. The number of Topliss-reactive ketones (excluding diaryl/α,β-unsaturated/α-hetero) is 1. The van der Waals surface area contributed by atoms with Crippen LogP contribution in [0.2, 0.25) is 0 Å². The lowest BCUT2D eigenvalue weighted by atomic mass is 10.1. The summed E-state index contributed by atoms with van der Waals surface area (Å²) in [6, 6.07) is 3.36. The molecule has 1 aromatic carbocycles. The van der Waals surface area contributed by atoms with Crippen molar-refractivity contribution >= 4 is 11.8 Å². The van der Waals surface area contributed by atoms with Crippen molar-refractivity contribution in [3.8, 4) is 5.75 Å². The molecule has 0 bridgehead atoms. The molecule has 0 saturated carbocycles. The summed E-state index contributed by atoms with van der Waals surface area (Å²) < 4.78 is 17.0. The molecular weight excluding hydrogens is 163 g/mol. The number of ketones is 1. The van der Waals surface area contributed by atoms with E-state index in [1.54, 1.807) is 0 Å². The van der Waals surface area contributed by atoms with Gasteiger partial charge in [0.25, 0.3) is 5.78 Å². The quantitative estimate of drug-likeness (QED) is 0.327. The first kappa shape index (κ1) is 6.97. The Hall–Kier alpha value is -1.71. The molecule has 0 fully saturated rings. The van der Waals surface area contributed by atoms with Crippen LogP contribution in [-0.2, 0) is 4.79 Å². The van der Waals surface area contributed by atoms with Crippen LogP contribution in [0.1, 0.15) is 10.4 Å². The Kier molecular flexibility index (Phi) is 1.24. The second-order valence-electron chi connectivity index (χ2n) is 2.36. The minimum atomic E-state index is -0.949. The lowest BCUT2D eigenvalue weighted by Crippen LogP contribution is -2.10. The summed E-state index contributed by atoms with van der Waals surface area (Å²) in [5.41, 5.74) is 0.126. The van der Waals surface area contributed by atoms with Crippen molar-refractivity contribution in [1.29, 1.82) is 0 Å². The number of halogens is 1. The van der Waals surface area contributed by atoms with E-state index in [0.29, 0.717) is 0 Å². The van der Waals surface area contributed by atoms with Crippen LogP contribution in [0.5, 0.6) is 5.75 Å². The maximum atomic E-state index is 12.5. The summed E-state index contributed by atoms with van der Waals surface area (Å²) in [6.07, 6.45) is 0. The zero-order valence-corrected chi connectivity index (χ0v) is 5.83. The van der Waals surface area contributed by atoms with Gasteiger partial charge >= 0.3 is 5.97 Å². The van der Waals surface area contributed by atoms with Gasteiger partial charge in [0.05, 0.1) is 5.56 Å². The molecule has 0 aromatic heterocycles. The highest BCUT2D eigenvalue weighted by Crippen LogP contribution is 2.26. The number of hydrogen-bond donors (Lipinski definition) is 0. The molecular formula is C8H3FO3. The van der Waals surface area contributed by atoms with Crippen molar-refractivity contribution in [1.82, 2.24) is 0 Å². The van der Waals surface area contributed by atoms with Gasteiger partial charge in [-0.2, -0.15) is 0 Å². The third-order valence-electron chi connectivity index (χ3n) is 1.58. The topological polar surface area (TPSA) is 43.4 Å². The Morgan fingerprint density at radius 1 is 1.25 bits per heavy atom. The molecule has 3 nitrogen and oxygen atoms in total. The molecule has 4 heteroatoms. The Balaban J connectivity index is 2.62. The third kappa shape index (κ3) is 0.812. The molecule has 1 aromatic rings. The molecule has 0 aliphatic carbocycles. The van der Waals surface area contributed by atoms with Gasteiger partial charge < -0.3 is 4.74 Å². The van der Waals surface area contributed by atoms with Gasteiger partial charge in [0.1, 0.15) is 11.6 Å². The van der Waals surface area contributed by atoms with Crippen LogP contribution < -0.4 is 4.74 Å². The molecule has 12 heavy (non-hydrogen) atoms. The summed E-state index contributed by atoms with van der Waals surface area (Å²) >= 11 is 0. The highest BCUT2D eigenvalue weighted by molar-refractivity contribution is 6.44. The van der Waals surface area contributed by atoms with E-state index in [1.807, 2.05) is 0 Å². The van der Waals surface area contributed by atoms with Gasteiger partial charge in [-0.1, -0.05) is 0 Å². The average molecular weight is 166 g/mol. The predicted molar refractivity (Wildman–Crippen MR) is 36.4 cm³/mol. The summed E-state index contributed by atoms with van der Waals surface area (Å²) in [4.78, 5) is 21.6. The van der Waals surface area contributed by atoms with Crippen LogP contribution >= 0.6 is 0 Å². The number of hydrogen-bond acceptors (Lipinski definition) is 3. The maximum absolute atomic E-state index is 12.5. The van der Waals surface area contributed by atoms with Crippen molar-refractivity contribution in [3.63, 3.8) is 0 Å². The van der Waals surface area contributed by atoms with Gasteiger partial charge in [0.2, 0.25) is 0 Å². The molecule has 0 radical (unpaired) electrons. The molecule has 0 spiro atoms. The monoisotopic (exact) mass is 166 g/mol. The van der Waals surface area contributed by atoms with Crippen LogP contribution in [0.4, 0.5) is 4.39 Å². The van der Waals surface area contributed by atoms with Gasteiger partial charge in [-0.25, -0.2) is 9.18 Å². The standard InChI is InChI=1S/C8H3FO3/c9-4-1-2-5-6(3-4)12-8(11)7(5)10/h1-3H. The van der Waals surface area contributed by atoms with Gasteiger partial charge in [-0.3, -0.25) is 4.79 Å². The zero-order chi connectivity index (χ0) is 8.72. The molecule has 2 rings (SSSR count). The van der Waals surface area contributed by atoms with Gasteiger partial charge in [-0.15, -0.1) is 0 Å². The lowest BCUT2D eigenvalue weighted by Gasteiger charge is -1.92. The summed E-state index contributed by atoms with van der Waals surface area (Å²) in [6.45, 7) is 0. The van der Waals surface area contributed by atoms with E-state index in [0.717, 1.165) is 12.1 Å². The highest BCUT2D eigenvalue weighted by Gasteiger charge is 2.30. The minimum Gasteiger partial charge on any atom is -0.420 e. The maximum Gasteiger partial charge on any atom is 0.385 e. The second-order valence-corrected chi connectivity index (χ2v) is 2.36. The second kappa shape index (κ2) is 2.14. The Bertz CT molecular complexity index is 384. The van der Waals surface area contributed by atoms with E-state index in [2.05, 4.69) is 4.74 Å². The number of esters is 1. The third-order valence-corrected chi connectivity index (χ3v) is 1.58. The van der Waals surface area contributed by atoms with Crippen molar-refractivity contribution in [3.05, 3.63) is 29.6 Å². The zero-order valence-electron chi connectivity index (χ0n) is 5.83. The lowest BCUT2D eigenvalue weighted by molar-refractivity contribution is -0.128. The fourth-order valence-electron chi connectivity index (χ4n) is 1.02. The summed E-state index contributed by atoms with van der Waals surface area (Å²) in [5.74, 6) is -2.19. The van der Waals surface area contributed by atoms with E-state index in [9.17, 15) is 14.0 Å². The number of carbonyl (C=O) groups excluding carboxylic acids is 2. The average Bonchev–Trinajstić information content (AvgIpc) is 2.28. The first-order chi connectivity index (χ1) is 5.68. The van der Waals surface area contributed by atoms with Gasteiger partial charge in [0, 0.05) is 6.07 Å². The summed E-state index contributed by atoms with van der Waals surface area (Å²) in [7, 11) is 0. The van der Waals surface area contributed by atoms with Crippen molar-refractivity contribution in [2.45, 2.75) is 0 Å². The van der Waals surface area contributed by atoms with E-state index in [1.165, 1.54) is 6.07 Å². The Morgan fingerprint density at radius 3 is 2.75 bits per heavy atom. The molecule has 0 unspecified atom stereocenters. The SMILES string of the molecule is O=C1Oc2cc(F)ccc2C1=O. The molecule has 1 heterocycles. The van der Waals surface area contributed by atoms with Crippen LogP contribution in [0.3, 0.4) is 0 Å². The van der Waals surface area contributed by atoms with Crippen LogP contribution in [-0.4, -0.2) is 11.8 Å². The van der Waals surface area contributed by atoms with Gasteiger partial charge in [0.15, 0.2) is 0 Å².